The minimum absolute atomic E-state index is 0.0548. The summed E-state index contributed by atoms with van der Waals surface area (Å²) in [7, 11) is 0. The van der Waals surface area contributed by atoms with Gasteiger partial charge in [-0.3, -0.25) is 0 Å². The third-order valence-corrected chi connectivity index (χ3v) is 3.52. The molecule has 0 saturated carbocycles. The van der Waals surface area contributed by atoms with E-state index >= 15 is 0 Å². The second-order valence-corrected chi connectivity index (χ2v) is 7.00. The number of hydrogen-bond donors (Lipinski definition) is 1. The zero-order chi connectivity index (χ0) is 16.3. The third kappa shape index (κ3) is 5.05. The van der Waals surface area contributed by atoms with Gasteiger partial charge in [0.05, 0.1) is 0 Å². The van der Waals surface area contributed by atoms with E-state index in [1.807, 2.05) is 20.8 Å². The van der Waals surface area contributed by atoms with Crippen molar-refractivity contribution in [1.82, 2.24) is 4.90 Å². The van der Waals surface area contributed by atoms with Gasteiger partial charge >= 0.3 is 6.09 Å². The molecule has 0 radical (unpaired) electrons. The Balaban J connectivity index is 1.97. The summed E-state index contributed by atoms with van der Waals surface area (Å²) < 4.78 is 18.8. The summed E-state index contributed by atoms with van der Waals surface area (Å²) in [6.07, 6.45) is 1.48. The van der Waals surface area contributed by atoms with Gasteiger partial charge in [0.1, 0.15) is 11.4 Å². The number of benzene rings is 1. The van der Waals surface area contributed by atoms with Gasteiger partial charge in [-0.15, -0.1) is 0 Å². The molecule has 0 aliphatic carbocycles. The maximum absolute atomic E-state index is 13.4. The zero-order valence-corrected chi connectivity index (χ0v) is 13.9. The number of anilines is 1. The zero-order valence-electron chi connectivity index (χ0n) is 13.2. The minimum Gasteiger partial charge on any atom is -0.444 e. The van der Waals surface area contributed by atoms with Gasteiger partial charge in [-0.2, -0.15) is 0 Å². The number of carbonyl (C=O) groups is 1. The van der Waals surface area contributed by atoms with Crippen LogP contribution in [0.3, 0.4) is 0 Å². The molecule has 1 aliphatic heterocycles. The van der Waals surface area contributed by atoms with E-state index in [9.17, 15) is 9.18 Å². The maximum Gasteiger partial charge on any atom is 0.410 e. The number of rotatable bonds is 2. The van der Waals surface area contributed by atoms with Gasteiger partial charge < -0.3 is 15.0 Å². The topological polar surface area (TPSA) is 41.6 Å². The van der Waals surface area contributed by atoms with Crippen LogP contribution >= 0.6 is 11.6 Å². The van der Waals surface area contributed by atoms with Gasteiger partial charge in [0.15, 0.2) is 0 Å². The van der Waals surface area contributed by atoms with E-state index in [1.54, 1.807) is 11.0 Å². The average Bonchev–Trinajstić information content (AvgIpc) is 2.35. The highest BCUT2D eigenvalue weighted by Gasteiger charge is 2.27. The molecular formula is C16H22ClFN2O2. The highest BCUT2D eigenvalue weighted by molar-refractivity contribution is 6.30. The molecule has 1 heterocycles. The molecule has 1 aromatic carbocycles. The lowest BCUT2D eigenvalue weighted by Gasteiger charge is -2.34. The van der Waals surface area contributed by atoms with Crippen molar-refractivity contribution in [3.05, 3.63) is 29.0 Å². The molecular weight excluding hydrogens is 307 g/mol. The normalized spacial score (nSPS) is 19.0. The van der Waals surface area contributed by atoms with Crippen LogP contribution in [0.1, 0.15) is 33.6 Å². The van der Waals surface area contributed by atoms with Crippen LogP contribution in [0.4, 0.5) is 14.9 Å². The molecule has 0 aromatic heterocycles. The van der Waals surface area contributed by atoms with Crippen molar-refractivity contribution >= 4 is 23.4 Å². The van der Waals surface area contributed by atoms with Crippen molar-refractivity contribution < 1.29 is 13.9 Å². The highest BCUT2D eigenvalue weighted by Crippen LogP contribution is 2.22. The molecule has 0 bridgehead atoms. The van der Waals surface area contributed by atoms with Gasteiger partial charge in [0, 0.05) is 29.8 Å². The Hall–Kier alpha value is -1.49. The monoisotopic (exact) mass is 328 g/mol. The lowest BCUT2D eigenvalue weighted by molar-refractivity contribution is 0.0206. The molecule has 122 valence electrons. The highest BCUT2D eigenvalue weighted by atomic mass is 35.5. The summed E-state index contributed by atoms with van der Waals surface area (Å²) >= 11 is 5.86. The fourth-order valence-corrected chi connectivity index (χ4v) is 2.68. The second-order valence-electron chi connectivity index (χ2n) is 6.57. The number of hydrogen-bond acceptors (Lipinski definition) is 3. The summed E-state index contributed by atoms with van der Waals surface area (Å²) in [5.41, 5.74) is 0.120. The van der Waals surface area contributed by atoms with Crippen LogP contribution in [-0.4, -0.2) is 35.7 Å². The lowest BCUT2D eigenvalue weighted by atomic mass is 10.1. The van der Waals surface area contributed by atoms with E-state index < -0.39 is 5.60 Å². The van der Waals surface area contributed by atoms with Gasteiger partial charge in [-0.25, -0.2) is 9.18 Å². The quantitative estimate of drug-likeness (QED) is 0.880. The fraction of sp³-hybridized carbons (Fsp3) is 0.562. The first kappa shape index (κ1) is 16.9. The van der Waals surface area contributed by atoms with Crippen molar-refractivity contribution in [2.75, 3.05) is 18.4 Å². The molecule has 22 heavy (non-hydrogen) atoms. The summed E-state index contributed by atoms with van der Waals surface area (Å²) in [5, 5.41) is 3.59. The first-order valence-corrected chi connectivity index (χ1v) is 7.81. The molecule has 1 N–H and O–H groups in total. The Labute approximate surface area is 135 Å². The van der Waals surface area contributed by atoms with Crippen molar-refractivity contribution in [2.24, 2.45) is 0 Å². The molecule has 6 heteroatoms. The van der Waals surface area contributed by atoms with E-state index in [1.165, 1.54) is 12.1 Å². The van der Waals surface area contributed by atoms with E-state index in [0.717, 1.165) is 12.8 Å². The van der Waals surface area contributed by atoms with Crippen molar-refractivity contribution in [3.63, 3.8) is 0 Å². The molecule has 1 aromatic rings. The van der Waals surface area contributed by atoms with Crippen LogP contribution in [0, 0.1) is 5.82 Å². The Morgan fingerprint density at radius 3 is 2.77 bits per heavy atom. The van der Waals surface area contributed by atoms with Crippen LogP contribution < -0.4 is 5.32 Å². The average molecular weight is 329 g/mol. The van der Waals surface area contributed by atoms with Crippen LogP contribution in [0.25, 0.3) is 0 Å². The van der Waals surface area contributed by atoms with E-state index in [-0.39, 0.29) is 18.0 Å². The number of ether oxygens (including phenoxy) is 1. The largest absolute Gasteiger partial charge is 0.444 e. The number of piperidine rings is 1. The lowest BCUT2D eigenvalue weighted by Crippen LogP contribution is -2.46. The second kappa shape index (κ2) is 6.73. The number of halogens is 2. The smallest absolute Gasteiger partial charge is 0.410 e. The number of nitrogens with one attached hydrogen (secondary N) is 1. The van der Waals surface area contributed by atoms with Crippen LogP contribution in [0.5, 0.6) is 0 Å². The van der Waals surface area contributed by atoms with Gasteiger partial charge in [-0.05, 0) is 51.8 Å². The Morgan fingerprint density at radius 1 is 1.41 bits per heavy atom. The third-order valence-electron chi connectivity index (χ3n) is 3.31. The van der Waals surface area contributed by atoms with Gasteiger partial charge in [0.2, 0.25) is 0 Å². The number of carbonyl (C=O) groups excluding carboxylic acids is 1. The van der Waals surface area contributed by atoms with Gasteiger partial charge in [-0.1, -0.05) is 11.6 Å². The number of likely N-dealkylation sites (tertiary alicyclic amines) is 1. The van der Waals surface area contributed by atoms with Crippen LogP contribution in [0.2, 0.25) is 5.02 Å². The van der Waals surface area contributed by atoms with Gasteiger partial charge in [0.25, 0.3) is 0 Å². The van der Waals surface area contributed by atoms with E-state index in [2.05, 4.69) is 5.32 Å². The van der Waals surface area contributed by atoms with E-state index in [0.29, 0.717) is 23.8 Å². The maximum atomic E-state index is 13.4. The predicted octanol–water partition coefficient (Wildman–Crippen LogP) is 4.29. The summed E-state index contributed by atoms with van der Waals surface area (Å²) in [4.78, 5) is 13.8. The molecule has 1 saturated heterocycles. The Kier molecular flexibility index (Phi) is 5.16. The molecule has 1 aliphatic rings. The predicted molar refractivity (Wildman–Crippen MR) is 85.9 cm³/mol. The number of amides is 1. The molecule has 1 fully saturated rings. The van der Waals surface area contributed by atoms with Crippen LogP contribution in [-0.2, 0) is 4.74 Å². The van der Waals surface area contributed by atoms with E-state index in [4.69, 9.17) is 16.3 Å². The SMILES string of the molecule is CC(C)(C)OC(=O)N1CCCC(Nc2cc(F)cc(Cl)c2)C1. The molecule has 1 amide bonds. The molecule has 1 unspecified atom stereocenters. The summed E-state index contributed by atoms with van der Waals surface area (Å²) in [5.74, 6) is -0.380. The number of nitrogens with zero attached hydrogens (tertiary/aromatic N) is 1. The van der Waals surface area contributed by atoms with Crippen molar-refractivity contribution in [3.8, 4) is 0 Å². The fourth-order valence-electron chi connectivity index (χ4n) is 2.46. The summed E-state index contributed by atoms with van der Waals surface area (Å²) in [6.45, 7) is 6.75. The van der Waals surface area contributed by atoms with Crippen molar-refractivity contribution in [1.29, 1.82) is 0 Å². The first-order valence-electron chi connectivity index (χ1n) is 7.43. The molecule has 4 nitrogen and oxygen atoms in total. The Morgan fingerprint density at radius 2 is 2.14 bits per heavy atom. The molecule has 2 rings (SSSR count). The minimum atomic E-state index is -0.506. The molecule has 1 atom stereocenters. The Bertz CT molecular complexity index is 525. The summed E-state index contributed by atoms with van der Waals surface area (Å²) in [6, 6.07) is 4.40. The first-order chi connectivity index (χ1) is 10.2. The standard InChI is InChI=1S/C16H22ClFN2O2/c1-16(2,3)22-15(21)20-6-4-5-13(10-20)19-14-8-11(17)7-12(18)9-14/h7-9,13,19H,4-6,10H2,1-3H3. The molecule has 0 spiro atoms. The van der Waals surface area contributed by atoms with Crippen LogP contribution in [0.15, 0.2) is 18.2 Å². The van der Waals surface area contributed by atoms with Crippen molar-refractivity contribution in [2.45, 2.75) is 45.3 Å².